The molecule has 21 heavy (non-hydrogen) atoms. The van der Waals surface area contributed by atoms with Crippen LogP contribution in [0.3, 0.4) is 0 Å². The van der Waals surface area contributed by atoms with Crippen molar-refractivity contribution >= 4 is 41.2 Å². The van der Waals surface area contributed by atoms with E-state index >= 15 is 0 Å². The first-order chi connectivity index (χ1) is 10.1. The van der Waals surface area contributed by atoms with Crippen LogP contribution in [0, 0.1) is 0 Å². The summed E-state index contributed by atoms with van der Waals surface area (Å²) >= 11 is 10.9. The number of hydrogen-bond acceptors (Lipinski definition) is 5. The fourth-order valence-electron chi connectivity index (χ4n) is 1.36. The number of ether oxygens (including phenoxy) is 2. The van der Waals surface area contributed by atoms with Crippen molar-refractivity contribution in [3.63, 3.8) is 0 Å². The zero-order chi connectivity index (χ0) is 15.7. The molecule has 0 aliphatic carbocycles. The molecule has 0 amide bonds. The maximum absolute atomic E-state index is 11.8. The van der Waals surface area contributed by atoms with Gasteiger partial charge in [-0.1, -0.05) is 12.1 Å². The van der Waals surface area contributed by atoms with E-state index in [4.69, 9.17) is 32.7 Å². The minimum atomic E-state index is -0.830. The Kier molecular flexibility index (Phi) is 7.64. The Morgan fingerprint density at radius 2 is 1.48 bits per heavy atom. The van der Waals surface area contributed by atoms with E-state index in [-0.39, 0.29) is 36.3 Å². The summed E-state index contributed by atoms with van der Waals surface area (Å²) in [5.74, 6) is -1.35. The Hall–Kier alpha value is -1.72. The lowest BCUT2D eigenvalue weighted by Crippen LogP contribution is -2.19. The van der Waals surface area contributed by atoms with Gasteiger partial charge in [-0.3, -0.25) is 0 Å². The van der Waals surface area contributed by atoms with E-state index in [2.05, 4.69) is 0 Å². The van der Waals surface area contributed by atoms with Crippen LogP contribution in [-0.2, 0) is 19.1 Å². The van der Waals surface area contributed by atoms with Crippen LogP contribution in [0.25, 0.3) is 6.08 Å². The first kappa shape index (κ1) is 17.3. The molecule has 0 aromatic heterocycles. The number of esters is 2. The summed E-state index contributed by atoms with van der Waals surface area (Å²) in [5.41, 5.74) is 0.268. The van der Waals surface area contributed by atoms with Gasteiger partial charge in [-0.05, 0) is 23.8 Å². The van der Waals surface area contributed by atoms with Gasteiger partial charge in [0.05, 0.1) is 11.8 Å². The summed E-state index contributed by atoms with van der Waals surface area (Å²) in [6.45, 7) is -0.0355. The lowest BCUT2D eigenvalue weighted by atomic mass is 10.1. The van der Waals surface area contributed by atoms with Gasteiger partial charge in [-0.25, -0.2) is 9.59 Å². The van der Waals surface area contributed by atoms with Gasteiger partial charge in [-0.15, -0.1) is 23.2 Å². The molecule has 0 spiro atoms. The van der Waals surface area contributed by atoms with E-state index in [1.54, 1.807) is 12.1 Å². The molecule has 0 unspecified atom stereocenters. The van der Waals surface area contributed by atoms with Gasteiger partial charge in [0.2, 0.25) is 0 Å². The Morgan fingerprint density at radius 1 is 1.00 bits per heavy atom. The zero-order valence-corrected chi connectivity index (χ0v) is 12.6. The van der Waals surface area contributed by atoms with Gasteiger partial charge in [0.25, 0.3) is 0 Å². The number of phenols is 1. The Balaban J connectivity index is 2.96. The molecule has 114 valence electrons. The number of alkyl halides is 2. The molecular formula is C14H14Cl2O5. The number of phenolic OH excluding ortho intramolecular Hbond substituents is 1. The SMILES string of the molecule is O=C(OCCCl)C(=Cc1ccc(O)cc1)C(=O)OCCCl. The van der Waals surface area contributed by atoms with Gasteiger partial charge in [0, 0.05) is 0 Å². The predicted octanol–water partition coefficient (Wildman–Crippen LogP) is 2.34. The Labute approximate surface area is 132 Å². The third-order valence-corrected chi connectivity index (χ3v) is 2.57. The topological polar surface area (TPSA) is 72.8 Å². The van der Waals surface area contributed by atoms with Crippen molar-refractivity contribution in [2.75, 3.05) is 25.0 Å². The molecule has 1 aromatic rings. The molecule has 0 fully saturated rings. The molecule has 0 atom stereocenters. The summed E-state index contributed by atoms with van der Waals surface area (Å²) in [7, 11) is 0. The van der Waals surface area contributed by atoms with Crippen molar-refractivity contribution in [1.29, 1.82) is 0 Å². The normalized spacial score (nSPS) is 9.81. The largest absolute Gasteiger partial charge is 0.508 e. The summed E-state index contributed by atoms with van der Waals surface area (Å²) in [5, 5.41) is 9.21. The quantitative estimate of drug-likeness (QED) is 0.273. The summed E-state index contributed by atoms with van der Waals surface area (Å²) in [4.78, 5) is 23.7. The minimum Gasteiger partial charge on any atom is -0.508 e. The van der Waals surface area contributed by atoms with Crippen LogP contribution in [0.1, 0.15) is 5.56 Å². The maximum atomic E-state index is 11.8. The van der Waals surface area contributed by atoms with E-state index < -0.39 is 11.9 Å². The monoisotopic (exact) mass is 332 g/mol. The standard InChI is InChI=1S/C14H14Cl2O5/c15-5-7-20-13(18)12(14(19)21-8-6-16)9-10-1-3-11(17)4-2-10/h1-4,9,17H,5-8H2. The fourth-order valence-corrected chi connectivity index (χ4v) is 1.51. The smallest absolute Gasteiger partial charge is 0.345 e. The molecule has 0 aliphatic rings. The Morgan fingerprint density at radius 3 is 1.90 bits per heavy atom. The fraction of sp³-hybridized carbons (Fsp3) is 0.286. The summed E-state index contributed by atoms with van der Waals surface area (Å²) in [6, 6.07) is 5.94. The summed E-state index contributed by atoms with van der Waals surface area (Å²) < 4.78 is 9.66. The number of aromatic hydroxyl groups is 1. The van der Waals surface area contributed by atoms with E-state index in [9.17, 15) is 14.7 Å². The number of rotatable bonds is 7. The highest BCUT2D eigenvalue weighted by molar-refractivity contribution is 6.19. The van der Waals surface area contributed by atoms with Crippen molar-refractivity contribution in [3.8, 4) is 5.75 Å². The maximum Gasteiger partial charge on any atom is 0.345 e. The average molecular weight is 333 g/mol. The van der Waals surface area contributed by atoms with E-state index in [1.807, 2.05) is 0 Å². The zero-order valence-electron chi connectivity index (χ0n) is 11.1. The van der Waals surface area contributed by atoms with E-state index in [0.717, 1.165) is 0 Å². The first-order valence-electron chi connectivity index (χ1n) is 6.05. The lowest BCUT2D eigenvalue weighted by molar-refractivity contribution is -0.146. The van der Waals surface area contributed by atoms with Crippen molar-refractivity contribution in [2.24, 2.45) is 0 Å². The van der Waals surface area contributed by atoms with Crippen LogP contribution in [0.5, 0.6) is 5.75 Å². The molecule has 5 nitrogen and oxygen atoms in total. The van der Waals surface area contributed by atoms with Crippen molar-refractivity contribution in [2.45, 2.75) is 0 Å². The molecule has 7 heteroatoms. The molecule has 0 heterocycles. The van der Waals surface area contributed by atoms with Crippen LogP contribution >= 0.6 is 23.2 Å². The van der Waals surface area contributed by atoms with Gasteiger partial charge in [-0.2, -0.15) is 0 Å². The highest BCUT2D eigenvalue weighted by Crippen LogP contribution is 2.14. The molecule has 0 saturated carbocycles. The van der Waals surface area contributed by atoms with Gasteiger partial charge < -0.3 is 14.6 Å². The van der Waals surface area contributed by atoms with Crippen molar-refractivity contribution in [1.82, 2.24) is 0 Å². The second kappa shape index (κ2) is 9.26. The van der Waals surface area contributed by atoms with Crippen LogP contribution in [0.2, 0.25) is 0 Å². The average Bonchev–Trinajstić information content (AvgIpc) is 2.49. The molecule has 0 radical (unpaired) electrons. The second-order valence-corrected chi connectivity index (χ2v) is 4.56. The predicted molar refractivity (Wildman–Crippen MR) is 79.4 cm³/mol. The van der Waals surface area contributed by atoms with Crippen LogP contribution < -0.4 is 0 Å². The molecule has 1 aromatic carbocycles. The molecular weight excluding hydrogens is 319 g/mol. The number of benzene rings is 1. The minimum absolute atomic E-state index is 0.0178. The first-order valence-corrected chi connectivity index (χ1v) is 7.12. The van der Waals surface area contributed by atoms with Crippen LogP contribution in [0.15, 0.2) is 29.8 Å². The highest BCUT2D eigenvalue weighted by atomic mass is 35.5. The summed E-state index contributed by atoms with van der Waals surface area (Å²) in [6.07, 6.45) is 1.31. The lowest BCUT2D eigenvalue weighted by Gasteiger charge is -2.07. The number of carbonyl (C=O) groups is 2. The van der Waals surface area contributed by atoms with E-state index in [1.165, 1.54) is 18.2 Å². The Bertz CT molecular complexity index is 489. The van der Waals surface area contributed by atoms with Gasteiger partial charge in [0.15, 0.2) is 0 Å². The van der Waals surface area contributed by atoms with Crippen molar-refractivity contribution < 1.29 is 24.2 Å². The molecule has 0 saturated heterocycles. The molecule has 0 aliphatic heterocycles. The van der Waals surface area contributed by atoms with Gasteiger partial charge >= 0.3 is 11.9 Å². The molecule has 1 N–H and O–H groups in total. The van der Waals surface area contributed by atoms with Crippen molar-refractivity contribution in [3.05, 3.63) is 35.4 Å². The van der Waals surface area contributed by atoms with E-state index in [0.29, 0.717) is 5.56 Å². The third-order valence-electron chi connectivity index (χ3n) is 2.26. The number of halogens is 2. The van der Waals surface area contributed by atoms with Gasteiger partial charge in [0.1, 0.15) is 24.5 Å². The number of carbonyl (C=O) groups excluding carboxylic acids is 2. The molecule has 0 bridgehead atoms. The second-order valence-electron chi connectivity index (χ2n) is 3.80. The van der Waals surface area contributed by atoms with Crippen LogP contribution in [-0.4, -0.2) is 42.0 Å². The molecule has 1 rings (SSSR count). The number of hydrogen-bond donors (Lipinski definition) is 1. The third kappa shape index (κ3) is 6.06. The highest BCUT2D eigenvalue weighted by Gasteiger charge is 2.21. The van der Waals surface area contributed by atoms with Crippen LogP contribution in [0.4, 0.5) is 0 Å².